The highest BCUT2D eigenvalue weighted by Crippen LogP contribution is 2.38. The zero-order valence-corrected chi connectivity index (χ0v) is 21.2. The number of nitrogens with zero attached hydrogens (tertiary/aromatic N) is 2. The minimum atomic E-state index is -0.524. The Labute approximate surface area is 212 Å². The maximum Gasteiger partial charge on any atom is 0.267 e. The molecule has 6 nitrogen and oxygen atoms in total. The number of carbonyl (C=O) groups excluding carboxylic acids is 1. The standard InChI is InChI=1S/C30H34N4O2/c1-20-16-21(2)31-27(20)19-34(15-14-24-18-33(3)28-7-5-4-6-25(24)28)29-12-10-23-17-22(8-11-26(23)29)9-13-30(35)32-36/h4-9,11,13,16-18,29,31,36H,10,12,14-15,19H2,1-3H3,(H,32,35). The van der Waals surface area contributed by atoms with Crippen molar-refractivity contribution in [3.8, 4) is 0 Å². The lowest BCUT2D eigenvalue weighted by Gasteiger charge is -2.30. The molecule has 1 amide bonds. The molecular weight excluding hydrogens is 448 g/mol. The summed E-state index contributed by atoms with van der Waals surface area (Å²) in [6, 6.07) is 17.6. The van der Waals surface area contributed by atoms with E-state index in [0.29, 0.717) is 6.04 Å². The molecule has 36 heavy (non-hydrogen) atoms. The van der Waals surface area contributed by atoms with Gasteiger partial charge in [-0.15, -0.1) is 0 Å². The minimum Gasteiger partial charge on any atom is -0.361 e. The monoisotopic (exact) mass is 482 g/mol. The van der Waals surface area contributed by atoms with E-state index < -0.39 is 5.91 Å². The maximum atomic E-state index is 11.4. The van der Waals surface area contributed by atoms with E-state index in [0.717, 1.165) is 37.9 Å². The molecule has 5 rings (SSSR count). The van der Waals surface area contributed by atoms with Crippen LogP contribution in [0.2, 0.25) is 0 Å². The Kier molecular flexibility index (Phi) is 6.81. The van der Waals surface area contributed by atoms with Gasteiger partial charge in [0.15, 0.2) is 0 Å². The predicted octanol–water partition coefficient (Wildman–Crippen LogP) is 5.37. The van der Waals surface area contributed by atoms with Crippen molar-refractivity contribution in [3.05, 3.63) is 100 Å². The molecule has 0 saturated carbocycles. The van der Waals surface area contributed by atoms with Crippen molar-refractivity contribution in [2.24, 2.45) is 7.05 Å². The van der Waals surface area contributed by atoms with E-state index in [2.05, 4.69) is 90.1 Å². The summed E-state index contributed by atoms with van der Waals surface area (Å²) in [5, 5.41) is 10.1. The van der Waals surface area contributed by atoms with Crippen LogP contribution in [0.15, 0.2) is 60.8 Å². The fraction of sp³-hybridized carbons (Fsp3) is 0.300. The Bertz CT molecular complexity index is 1430. The van der Waals surface area contributed by atoms with Crippen molar-refractivity contribution >= 4 is 22.9 Å². The quantitative estimate of drug-likeness (QED) is 0.179. The summed E-state index contributed by atoms with van der Waals surface area (Å²) in [5.41, 5.74) is 11.8. The van der Waals surface area contributed by atoms with Crippen molar-refractivity contribution in [2.45, 2.75) is 45.7 Å². The maximum absolute atomic E-state index is 11.4. The first-order valence-electron chi connectivity index (χ1n) is 12.6. The zero-order valence-electron chi connectivity index (χ0n) is 21.2. The van der Waals surface area contributed by atoms with Crippen LogP contribution in [0.1, 0.15) is 51.7 Å². The number of nitrogens with one attached hydrogen (secondary N) is 2. The number of aromatic amines is 1. The lowest BCUT2D eigenvalue weighted by atomic mass is 10.0. The van der Waals surface area contributed by atoms with Gasteiger partial charge < -0.3 is 9.55 Å². The molecule has 2 aromatic carbocycles. The summed E-state index contributed by atoms with van der Waals surface area (Å²) in [5.74, 6) is -0.524. The van der Waals surface area contributed by atoms with Crippen LogP contribution in [0.3, 0.4) is 0 Å². The number of aromatic nitrogens is 2. The third-order valence-corrected chi connectivity index (χ3v) is 7.46. The molecule has 1 aliphatic rings. The normalized spacial score (nSPS) is 15.3. The summed E-state index contributed by atoms with van der Waals surface area (Å²) < 4.78 is 2.23. The van der Waals surface area contributed by atoms with Crippen molar-refractivity contribution < 1.29 is 10.0 Å². The highest BCUT2D eigenvalue weighted by atomic mass is 16.5. The van der Waals surface area contributed by atoms with E-state index in [1.165, 1.54) is 50.6 Å². The van der Waals surface area contributed by atoms with Gasteiger partial charge in [0.1, 0.15) is 0 Å². The molecule has 1 atom stereocenters. The second-order valence-corrected chi connectivity index (χ2v) is 9.94. The Morgan fingerprint density at radius 2 is 2.06 bits per heavy atom. The summed E-state index contributed by atoms with van der Waals surface area (Å²) in [6.45, 7) is 6.15. The van der Waals surface area contributed by atoms with Crippen molar-refractivity contribution in [2.75, 3.05) is 6.54 Å². The first kappa shape index (κ1) is 24.1. The molecule has 0 fully saturated rings. The number of amides is 1. The molecule has 3 N–H and O–H groups in total. The van der Waals surface area contributed by atoms with Crippen molar-refractivity contribution in [1.82, 2.24) is 19.9 Å². The van der Waals surface area contributed by atoms with Gasteiger partial charge in [-0.1, -0.05) is 36.4 Å². The molecule has 6 heteroatoms. The average molecular weight is 483 g/mol. The fourth-order valence-corrected chi connectivity index (χ4v) is 5.69. The number of aryl methyl sites for hydroxylation is 4. The number of hydrogen-bond acceptors (Lipinski definition) is 3. The van der Waals surface area contributed by atoms with E-state index in [1.807, 2.05) is 0 Å². The highest BCUT2D eigenvalue weighted by molar-refractivity contribution is 5.90. The molecule has 0 radical (unpaired) electrons. The van der Waals surface area contributed by atoms with Gasteiger partial charge >= 0.3 is 0 Å². The lowest BCUT2D eigenvalue weighted by molar-refractivity contribution is -0.124. The topological polar surface area (TPSA) is 73.3 Å². The second-order valence-electron chi connectivity index (χ2n) is 9.94. The third kappa shape index (κ3) is 4.87. The lowest BCUT2D eigenvalue weighted by Crippen LogP contribution is -2.30. The molecule has 2 aromatic heterocycles. The average Bonchev–Trinajstić information content (AvgIpc) is 3.54. The summed E-state index contributed by atoms with van der Waals surface area (Å²) in [7, 11) is 2.12. The van der Waals surface area contributed by atoms with Gasteiger partial charge in [-0.25, -0.2) is 5.48 Å². The van der Waals surface area contributed by atoms with Crippen LogP contribution in [-0.2, 0) is 31.2 Å². The number of para-hydroxylation sites is 1. The van der Waals surface area contributed by atoms with Gasteiger partial charge in [0.25, 0.3) is 5.91 Å². The zero-order chi connectivity index (χ0) is 25.2. The van der Waals surface area contributed by atoms with Gasteiger partial charge in [0.2, 0.25) is 0 Å². The molecule has 1 aliphatic carbocycles. The van der Waals surface area contributed by atoms with E-state index in [-0.39, 0.29) is 0 Å². The first-order valence-corrected chi connectivity index (χ1v) is 12.6. The number of fused-ring (bicyclic) bond motifs is 2. The number of benzene rings is 2. The Hall–Kier alpha value is -3.61. The molecule has 0 bridgehead atoms. The van der Waals surface area contributed by atoms with Crippen LogP contribution in [0.4, 0.5) is 0 Å². The number of carbonyl (C=O) groups is 1. The molecule has 186 valence electrons. The van der Waals surface area contributed by atoms with E-state index in [4.69, 9.17) is 5.21 Å². The Morgan fingerprint density at radius 3 is 2.83 bits per heavy atom. The SMILES string of the molecule is Cc1cc(C)c(CN(CCc2cn(C)c3ccccc23)C2CCc3cc(C=CC(=O)NO)ccc32)[nH]1. The Balaban J connectivity index is 1.42. The summed E-state index contributed by atoms with van der Waals surface area (Å²) in [6.07, 6.45) is 8.44. The summed E-state index contributed by atoms with van der Waals surface area (Å²) >= 11 is 0. The van der Waals surface area contributed by atoms with Crippen LogP contribution in [0, 0.1) is 13.8 Å². The predicted molar refractivity (Wildman–Crippen MR) is 144 cm³/mol. The van der Waals surface area contributed by atoms with E-state index in [1.54, 1.807) is 11.6 Å². The number of rotatable bonds is 8. The molecular formula is C30H34N4O2. The van der Waals surface area contributed by atoms with E-state index >= 15 is 0 Å². The molecule has 2 heterocycles. The van der Waals surface area contributed by atoms with Crippen LogP contribution in [0.5, 0.6) is 0 Å². The van der Waals surface area contributed by atoms with Crippen molar-refractivity contribution in [3.63, 3.8) is 0 Å². The van der Waals surface area contributed by atoms with Gasteiger partial charge in [0.05, 0.1) is 0 Å². The molecule has 0 spiro atoms. The third-order valence-electron chi connectivity index (χ3n) is 7.46. The second kappa shape index (κ2) is 10.2. The first-order chi connectivity index (χ1) is 17.4. The number of H-pyrrole nitrogens is 1. The number of hydroxylamine groups is 1. The Morgan fingerprint density at radius 1 is 1.22 bits per heavy atom. The largest absolute Gasteiger partial charge is 0.361 e. The van der Waals surface area contributed by atoms with Crippen LogP contribution >= 0.6 is 0 Å². The van der Waals surface area contributed by atoms with Gasteiger partial charge in [-0.3, -0.25) is 14.9 Å². The van der Waals surface area contributed by atoms with E-state index in [9.17, 15) is 4.79 Å². The van der Waals surface area contributed by atoms with Crippen LogP contribution in [0.25, 0.3) is 17.0 Å². The van der Waals surface area contributed by atoms with Crippen LogP contribution in [-0.4, -0.2) is 32.1 Å². The molecule has 4 aromatic rings. The number of hydrogen-bond donors (Lipinski definition) is 3. The summed E-state index contributed by atoms with van der Waals surface area (Å²) in [4.78, 5) is 17.6. The van der Waals surface area contributed by atoms with Gasteiger partial charge in [0, 0.05) is 60.7 Å². The van der Waals surface area contributed by atoms with Crippen LogP contribution < -0.4 is 5.48 Å². The fourth-order valence-electron chi connectivity index (χ4n) is 5.69. The van der Waals surface area contributed by atoms with Gasteiger partial charge in [-0.05, 0) is 79.1 Å². The highest BCUT2D eigenvalue weighted by Gasteiger charge is 2.29. The minimum absolute atomic E-state index is 0.344. The molecule has 0 saturated heterocycles. The van der Waals surface area contributed by atoms with Crippen molar-refractivity contribution in [1.29, 1.82) is 0 Å². The van der Waals surface area contributed by atoms with Gasteiger partial charge in [-0.2, -0.15) is 0 Å². The molecule has 1 unspecified atom stereocenters. The molecule has 0 aliphatic heterocycles. The smallest absolute Gasteiger partial charge is 0.267 e.